The molecule has 1 aromatic heterocycles. The molecule has 2 aromatic rings. The molecule has 1 N–H and O–H groups in total. The number of hydrogen-bond acceptors (Lipinski definition) is 3. The zero-order valence-electron chi connectivity index (χ0n) is 12.2. The Morgan fingerprint density at radius 3 is 2.90 bits per heavy atom. The van der Waals surface area contributed by atoms with Gasteiger partial charge in [0, 0.05) is 35.6 Å². The molecule has 1 fully saturated rings. The Morgan fingerprint density at radius 2 is 2.19 bits per heavy atom. The molecule has 1 aliphatic rings. The Labute approximate surface area is 129 Å². The van der Waals surface area contributed by atoms with Gasteiger partial charge < -0.3 is 9.69 Å². The average Bonchev–Trinajstić information content (AvgIpc) is 2.93. The van der Waals surface area contributed by atoms with Crippen LogP contribution in [0.4, 0.5) is 5.69 Å². The highest BCUT2D eigenvalue weighted by atomic mass is 35.5. The molecule has 3 rings (SSSR count). The van der Waals surface area contributed by atoms with Crippen LogP contribution in [0.25, 0.3) is 10.9 Å². The zero-order valence-corrected chi connectivity index (χ0v) is 13.0. The lowest BCUT2D eigenvalue weighted by atomic mass is 9.91. The first-order valence-electron chi connectivity index (χ1n) is 7.50. The topological polar surface area (TPSA) is 49.0 Å². The van der Waals surface area contributed by atoms with Gasteiger partial charge in [0.25, 0.3) is 0 Å². The van der Waals surface area contributed by atoms with Crippen LogP contribution in [-0.4, -0.2) is 29.1 Å². The van der Waals surface area contributed by atoms with E-state index in [2.05, 4.69) is 15.1 Å². The number of halogens is 1. The number of aromatic amines is 1. The van der Waals surface area contributed by atoms with Gasteiger partial charge in [-0.2, -0.15) is 5.10 Å². The Hall–Kier alpha value is -1.55. The zero-order chi connectivity index (χ0) is 14.8. The van der Waals surface area contributed by atoms with E-state index in [1.54, 1.807) is 6.92 Å². The Balaban J connectivity index is 1.71. The summed E-state index contributed by atoms with van der Waals surface area (Å²) in [5, 5.41) is 8.96. The van der Waals surface area contributed by atoms with Crippen LogP contribution in [0.5, 0.6) is 0 Å². The van der Waals surface area contributed by atoms with Crippen molar-refractivity contribution in [1.29, 1.82) is 0 Å². The van der Waals surface area contributed by atoms with E-state index in [1.807, 2.05) is 18.3 Å². The fraction of sp³-hybridized carbons (Fsp3) is 0.500. The summed E-state index contributed by atoms with van der Waals surface area (Å²) in [6.07, 6.45) is 5.88. The molecule has 112 valence electrons. The third kappa shape index (κ3) is 3.21. The van der Waals surface area contributed by atoms with E-state index in [4.69, 9.17) is 11.6 Å². The number of piperidine rings is 1. The molecule has 1 saturated heterocycles. The highest BCUT2D eigenvalue weighted by Crippen LogP contribution is 2.33. The smallest absolute Gasteiger partial charge is 0.129 e. The van der Waals surface area contributed by atoms with Crippen LogP contribution in [0.15, 0.2) is 18.3 Å². The Bertz CT molecular complexity index is 644. The van der Waals surface area contributed by atoms with Crippen molar-refractivity contribution in [3.63, 3.8) is 0 Å². The van der Waals surface area contributed by atoms with Gasteiger partial charge in [-0.05, 0) is 44.2 Å². The lowest BCUT2D eigenvalue weighted by molar-refractivity contribution is -0.117. The lowest BCUT2D eigenvalue weighted by Gasteiger charge is -2.34. The van der Waals surface area contributed by atoms with Crippen LogP contribution in [-0.2, 0) is 4.79 Å². The van der Waals surface area contributed by atoms with Crippen molar-refractivity contribution >= 4 is 34.0 Å². The molecule has 0 unspecified atom stereocenters. The second-order valence-corrected chi connectivity index (χ2v) is 6.36. The minimum Gasteiger partial charge on any atom is -0.371 e. The Morgan fingerprint density at radius 1 is 1.43 bits per heavy atom. The Kier molecular flexibility index (Phi) is 4.15. The van der Waals surface area contributed by atoms with E-state index >= 15 is 0 Å². The van der Waals surface area contributed by atoms with Crippen LogP contribution in [0.1, 0.15) is 32.6 Å². The van der Waals surface area contributed by atoms with E-state index in [9.17, 15) is 4.79 Å². The molecule has 0 saturated carbocycles. The summed E-state index contributed by atoms with van der Waals surface area (Å²) in [5.41, 5.74) is 2.15. The van der Waals surface area contributed by atoms with Gasteiger partial charge in [0.2, 0.25) is 0 Å². The molecule has 0 atom stereocenters. The maximum absolute atomic E-state index is 11.1. The van der Waals surface area contributed by atoms with Gasteiger partial charge in [-0.1, -0.05) is 11.6 Å². The molecular formula is C16H20ClN3O. The highest BCUT2D eigenvalue weighted by molar-refractivity contribution is 6.31. The van der Waals surface area contributed by atoms with E-state index in [-0.39, 0.29) is 0 Å². The third-order valence-electron chi connectivity index (χ3n) is 4.36. The number of benzene rings is 1. The van der Waals surface area contributed by atoms with Crippen LogP contribution in [0.3, 0.4) is 0 Å². The summed E-state index contributed by atoms with van der Waals surface area (Å²) in [4.78, 5) is 13.5. The molecule has 0 radical (unpaired) electrons. The van der Waals surface area contributed by atoms with Gasteiger partial charge in [-0.25, -0.2) is 0 Å². The van der Waals surface area contributed by atoms with Gasteiger partial charge >= 0.3 is 0 Å². The van der Waals surface area contributed by atoms with Crippen molar-refractivity contribution in [2.75, 3.05) is 18.0 Å². The third-order valence-corrected chi connectivity index (χ3v) is 4.58. The van der Waals surface area contributed by atoms with E-state index in [0.29, 0.717) is 18.1 Å². The standard InChI is InChI=1S/C16H20ClN3O/c1-11(21)2-3-12-4-6-20(7-5-12)16-9-13(17)8-15-14(16)10-18-19-15/h8-10,12H,2-7H2,1H3,(H,18,19). The van der Waals surface area contributed by atoms with Gasteiger partial charge in [-0.15, -0.1) is 0 Å². The molecule has 0 amide bonds. The number of anilines is 1. The molecule has 21 heavy (non-hydrogen) atoms. The average molecular weight is 306 g/mol. The van der Waals surface area contributed by atoms with Crippen LogP contribution in [0.2, 0.25) is 5.02 Å². The number of nitrogens with one attached hydrogen (secondary N) is 1. The molecule has 4 nitrogen and oxygen atoms in total. The van der Waals surface area contributed by atoms with Crippen molar-refractivity contribution in [2.45, 2.75) is 32.6 Å². The highest BCUT2D eigenvalue weighted by Gasteiger charge is 2.21. The second kappa shape index (κ2) is 6.06. The predicted molar refractivity (Wildman–Crippen MR) is 86.0 cm³/mol. The second-order valence-electron chi connectivity index (χ2n) is 5.93. The number of ketones is 1. The SMILES string of the molecule is CC(=O)CCC1CCN(c2cc(Cl)cc3[nH]ncc23)CC1. The minimum atomic E-state index is 0.298. The van der Waals surface area contributed by atoms with Gasteiger partial charge in [0.1, 0.15) is 5.78 Å². The number of Topliss-reactive ketones (excluding diaryl/α,β-unsaturated/α-hetero) is 1. The number of H-pyrrole nitrogens is 1. The largest absolute Gasteiger partial charge is 0.371 e. The molecular weight excluding hydrogens is 286 g/mol. The monoisotopic (exact) mass is 305 g/mol. The van der Waals surface area contributed by atoms with Crippen LogP contribution < -0.4 is 4.90 Å². The number of rotatable bonds is 4. The summed E-state index contributed by atoms with van der Waals surface area (Å²) in [7, 11) is 0. The summed E-state index contributed by atoms with van der Waals surface area (Å²) in [6, 6.07) is 3.93. The van der Waals surface area contributed by atoms with Crippen LogP contribution in [0, 0.1) is 5.92 Å². The van der Waals surface area contributed by atoms with Crippen molar-refractivity contribution in [1.82, 2.24) is 10.2 Å². The molecule has 2 heterocycles. The first kappa shape index (κ1) is 14.4. The van der Waals surface area contributed by atoms with E-state index in [1.165, 1.54) is 0 Å². The number of hydrogen-bond donors (Lipinski definition) is 1. The van der Waals surface area contributed by atoms with E-state index < -0.39 is 0 Å². The van der Waals surface area contributed by atoms with Crippen molar-refractivity contribution in [2.24, 2.45) is 5.92 Å². The van der Waals surface area contributed by atoms with Crippen molar-refractivity contribution < 1.29 is 4.79 Å². The maximum atomic E-state index is 11.1. The maximum Gasteiger partial charge on any atom is 0.129 e. The predicted octanol–water partition coefficient (Wildman–Crippen LogP) is 3.80. The number of nitrogens with zero attached hydrogens (tertiary/aromatic N) is 2. The van der Waals surface area contributed by atoms with Crippen molar-refractivity contribution in [3.05, 3.63) is 23.4 Å². The fourth-order valence-corrected chi connectivity index (χ4v) is 3.34. The lowest BCUT2D eigenvalue weighted by Crippen LogP contribution is -2.33. The molecule has 0 aliphatic carbocycles. The normalized spacial score (nSPS) is 16.6. The summed E-state index contributed by atoms with van der Waals surface area (Å²) in [6.45, 7) is 3.71. The summed E-state index contributed by atoms with van der Waals surface area (Å²) >= 11 is 6.20. The number of carbonyl (C=O) groups excluding carboxylic acids is 1. The summed E-state index contributed by atoms with van der Waals surface area (Å²) in [5.74, 6) is 0.969. The number of fused-ring (bicyclic) bond motifs is 1. The molecule has 1 aliphatic heterocycles. The first-order chi connectivity index (χ1) is 10.1. The van der Waals surface area contributed by atoms with Crippen LogP contribution >= 0.6 is 11.6 Å². The fourth-order valence-electron chi connectivity index (χ4n) is 3.13. The number of aromatic nitrogens is 2. The van der Waals surface area contributed by atoms with Crippen molar-refractivity contribution in [3.8, 4) is 0 Å². The van der Waals surface area contributed by atoms with Gasteiger partial charge in [0.15, 0.2) is 0 Å². The molecule has 5 heteroatoms. The van der Waals surface area contributed by atoms with E-state index in [0.717, 1.165) is 54.0 Å². The minimum absolute atomic E-state index is 0.298. The quantitative estimate of drug-likeness (QED) is 0.934. The first-order valence-corrected chi connectivity index (χ1v) is 7.88. The molecule has 1 aromatic carbocycles. The summed E-state index contributed by atoms with van der Waals surface area (Å²) < 4.78 is 0. The molecule has 0 bridgehead atoms. The van der Waals surface area contributed by atoms with Gasteiger partial charge in [0.05, 0.1) is 11.7 Å². The molecule has 0 spiro atoms. The van der Waals surface area contributed by atoms with Gasteiger partial charge in [-0.3, -0.25) is 5.10 Å². The number of carbonyl (C=O) groups is 1.